The summed E-state index contributed by atoms with van der Waals surface area (Å²) >= 11 is 0. The van der Waals surface area contributed by atoms with Crippen LogP contribution >= 0.6 is 0 Å². The van der Waals surface area contributed by atoms with Crippen LogP contribution in [0.4, 0.5) is 0 Å². The maximum absolute atomic E-state index is 2.37. The van der Waals surface area contributed by atoms with Crippen LogP contribution in [0.3, 0.4) is 0 Å². The lowest BCUT2D eigenvalue weighted by Gasteiger charge is -2.33. The Balaban J connectivity index is 1.66. The first kappa shape index (κ1) is 12.0. The fourth-order valence-corrected chi connectivity index (χ4v) is 3.98. The molecular formula is C20H20. The Kier molecular flexibility index (Phi) is 2.95. The molecule has 2 aromatic rings. The fraction of sp³-hybridized carbons (Fsp3) is 0.300. The molecule has 0 bridgehead atoms. The third-order valence-electron chi connectivity index (χ3n) is 5.04. The zero-order chi connectivity index (χ0) is 13.4. The van der Waals surface area contributed by atoms with E-state index in [1.807, 2.05) is 0 Å². The summed E-state index contributed by atoms with van der Waals surface area (Å²) in [5, 5.41) is 0. The van der Waals surface area contributed by atoms with Crippen molar-refractivity contribution in [3.05, 3.63) is 76.9 Å². The lowest BCUT2D eigenvalue weighted by atomic mass is 9.71. The first-order valence-electron chi connectivity index (χ1n) is 7.74. The number of hydrogen-bond donors (Lipinski definition) is 0. The standard InChI is InChI=1S/C20H20/c1-2-8-17-14-18(13-12-15(17)6-1)20-11-5-9-16-7-3-4-10-19(16)20/h1-10,18,20H,11-14H2. The highest BCUT2D eigenvalue weighted by Crippen LogP contribution is 2.41. The summed E-state index contributed by atoms with van der Waals surface area (Å²) < 4.78 is 0. The summed E-state index contributed by atoms with van der Waals surface area (Å²) in [5.74, 6) is 1.51. The third kappa shape index (κ3) is 2.00. The lowest BCUT2D eigenvalue weighted by Crippen LogP contribution is -2.22. The Hall–Kier alpha value is -1.82. The molecule has 0 amide bonds. The van der Waals surface area contributed by atoms with Crippen molar-refractivity contribution in [2.75, 3.05) is 0 Å². The van der Waals surface area contributed by atoms with E-state index in [1.54, 1.807) is 16.7 Å². The summed E-state index contributed by atoms with van der Waals surface area (Å²) in [7, 11) is 0. The zero-order valence-electron chi connectivity index (χ0n) is 11.8. The predicted octanol–water partition coefficient (Wildman–Crippen LogP) is 4.99. The molecule has 2 aliphatic carbocycles. The van der Waals surface area contributed by atoms with Gasteiger partial charge in [0, 0.05) is 0 Å². The van der Waals surface area contributed by atoms with E-state index in [0.717, 1.165) is 5.92 Å². The number of aryl methyl sites for hydroxylation is 1. The van der Waals surface area contributed by atoms with Gasteiger partial charge < -0.3 is 0 Å². The second-order valence-electron chi connectivity index (χ2n) is 6.15. The minimum atomic E-state index is 0.713. The normalized spacial score (nSPS) is 24.0. The molecule has 0 saturated heterocycles. The monoisotopic (exact) mass is 260 g/mol. The van der Waals surface area contributed by atoms with Crippen molar-refractivity contribution in [1.29, 1.82) is 0 Å². The molecule has 0 fully saturated rings. The van der Waals surface area contributed by atoms with Crippen LogP contribution in [-0.4, -0.2) is 0 Å². The highest BCUT2D eigenvalue weighted by atomic mass is 14.3. The third-order valence-corrected chi connectivity index (χ3v) is 5.04. The number of hydrogen-bond acceptors (Lipinski definition) is 0. The number of allylic oxidation sites excluding steroid dienone is 1. The molecule has 0 aliphatic heterocycles. The van der Waals surface area contributed by atoms with E-state index < -0.39 is 0 Å². The van der Waals surface area contributed by atoms with Crippen LogP contribution in [-0.2, 0) is 12.8 Å². The Morgan fingerprint density at radius 2 is 1.65 bits per heavy atom. The molecule has 0 saturated carbocycles. The molecule has 4 rings (SSSR count). The molecule has 20 heavy (non-hydrogen) atoms. The van der Waals surface area contributed by atoms with E-state index in [0.29, 0.717) is 5.92 Å². The number of benzene rings is 2. The summed E-state index contributed by atoms with van der Waals surface area (Å²) in [6.07, 6.45) is 9.72. The van der Waals surface area contributed by atoms with Gasteiger partial charge in [-0.25, -0.2) is 0 Å². The zero-order valence-corrected chi connectivity index (χ0v) is 11.8. The molecule has 0 aromatic heterocycles. The molecule has 0 spiro atoms. The van der Waals surface area contributed by atoms with E-state index in [9.17, 15) is 0 Å². The molecule has 0 N–H and O–H groups in total. The van der Waals surface area contributed by atoms with E-state index in [1.165, 1.54) is 31.2 Å². The van der Waals surface area contributed by atoms with Crippen LogP contribution < -0.4 is 0 Å². The Labute approximate surface area is 121 Å². The number of fused-ring (bicyclic) bond motifs is 2. The van der Waals surface area contributed by atoms with E-state index >= 15 is 0 Å². The van der Waals surface area contributed by atoms with Gasteiger partial charge in [-0.1, -0.05) is 60.7 Å². The summed E-state index contributed by atoms with van der Waals surface area (Å²) in [5.41, 5.74) is 6.15. The SMILES string of the molecule is C1=Cc2ccccc2C(C2CCc3ccccc3C2)C1. The van der Waals surface area contributed by atoms with E-state index in [2.05, 4.69) is 60.7 Å². The van der Waals surface area contributed by atoms with Gasteiger partial charge in [0.2, 0.25) is 0 Å². The van der Waals surface area contributed by atoms with Crippen molar-refractivity contribution in [3.63, 3.8) is 0 Å². The van der Waals surface area contributed by atoms with Gasteiger partial charge >= 0.3 is 0 Å². The Bertz CT molecular complexity index is 651. The van der Waals surface area contributed by atoms with Gasteiger partial charge in [-0.3, -0.25) is 0 Å². The average molecular weight is 260 g/mol. The Morgan fingerprint density at radius 3 is 2.60 bits per heavy atom. The van der Waals surface area contributed by atoms with Gasteiger partial charge in [-0.05, 0) is 59.8 Å². The first-order chi connectivity index (χ1) is 9.92. The van der Waals surface area contributed by atoms with Crippen LogP contribution in [0, 0.1) is 5.92 Å². The van der Waals surface area contributed by atoms with Gasteiger partial charge in [0.1, 0.15) is 0 Å². The molecule has 0 heteroatoms. The predicted molar refractivity (Wildman–Crippen MR) is 84.8 cm³/mol. The molecule has 0 heterocycles. The maximum atomic E-state index is 2.37. The molecular weight excluding hydrogens is 240 g/mol. The highest BCUT2D eigenvalue weighted by molar-refractivity contribution is 5.57. The van der Waals surface area contributed by atoms with Crippen LogP contribution in [0.15, 0.2) is 54.6 Å². The molecule has 2 unspecified atom stereocenters. The maximum Gasteiger partial charge on any atom is -0.00897 e. The van der Waals surface area contributed by atoms with Crippen molar-refractivity contribution in [3.8, 4) is 0 Å². The molecule has 0 radical (unpaired) electrons. The highest BCUT2D eigenvalue weighted by Gasteiger charge is 2.28. The van der Waals surface area contributed by atoms with Gasteiger partial charge in [0.05, 0.1) is 0 Å². The first-order valence-corrected chi connectivity index (χ1v) is 7.74. The van der Waals surface area contributed by atoms with Crippen LogP contribution in [0.25, 0.3) is 6.08 Å². The van der Waals surface area contributed by atoms with Gasteiger partial charge in [0.15, 0.2) is 0 Å². The largest absolute Gasteiger partial charge is 0.0833 e. The minimum absolute atomic E-state index is 0.713. The smallest absolute Gasteiger partial charge is 0.00897 e. The van der Waals surface area contributed by atoms with Crippen LogP contribution in [0.5, 0.6) is 0 Å². The van der Waals surface area contributed by atoms with Crippen molar-refractivity contribution >= 4 is 6.08 Å². The summed E-state index contributed by atoms with van der Waals surface area (Å²) in [6.45, 7) is 0. The average Bonchev–Trinajstić information content (AvgIpc) is 2.54. The summed E-state index contributed by atoms with van der Waals surface area (Å²) in [6, 6.07) is 17.9. The second kappa shape index (κ2) is 4.94. The van der Waals surface area contributed by atoms with Gasteiger partial charge in [0.25, 0.3) is 0 Å². The lowest BCUT2D eigenvalue weighted by molar-refractivity contribution is 0.375. The topological polar surface area (TPSA) is 0 Å². The van der Waals surface area contributed by atoms with Crippen LogP contribution in [0.2, 0.25) is 0 Å². The van der Waals surface area contributed by atoms with Crippen molar-refractivity contribution in [1.82, 2.24) is 0 Å². The van der Waals surface area contributed by atoms with Gasteiger partial charge in [-0.2, -0.15) is 0 Å². The van der Waals surface area contributed by atoms with Crippen molar-refractivity contribution in [2.45, 2.75) is 31.6 Å². The molecule has 2 aliphatic rings. The van der Waals surface area contributed by atoms with Crippen LogP contribution in [0.1, 0.15) is 41.0 Å². The molecule has 2 aromatic carbocycles. The fourth-order valence-electron chi connectivity index (χ4n) is 3.98. The van der Waals surface area contributed by atoms with Crippen molar-refractivity contribution < 1.29 is 0 Å². The van der Waals surface area contributed by atoms with Crippen molar-refractivity contribution in [2.24, 2.45) is 5.92 Å². The minimum Gasteiger partial charge on any atom is -0.0833 e. The molecule has 2 atom stereocenters. The molecule has 100 valence electrons. The summed E-state index contributed by atoms with van der Waals surface area (Å²) in [4.78, 5) is 0. The molecule has 0 nitrogen and oxygen atoms in total. The van der Waals surface area contributed by atoms with E-state index in [-0.39, 0.29) is 0 Å². The van der Waals surface area contributed by atoms with Gasteiger partial charge in [-0.15, -0.1) is 0 Å². The Morgan fingerprint density at radius 1 is 0.850 bits per heavy atom. The number of rotatable bonds is 1. The quantitative estimate of drug-likeness (QED) is 0.677. The second-order valence-corrected chi connectivity index (χ2v) is 6.15. The van der Waals surface area contributed by atoms with E-state index in [4.69, 9.17) is 0 Å².